The number of carbonyl (C=O) groups excluding carboxylic acids is 1. The Morgan fingerprint density at radius 1 is 1.13 bits per heavy atom. The zero-order chi connectivity index (χ0) is 21.5. The van der Waals surface area contributed by atoms with Crippen LogP contribution in [0.25, 0.3) is 22.3 Å². The van der Waals surface area contributed by atoms with E-state index in [2.05, 4.69) is 20.4 Å². The number of carbonyl (C=O) groups is 1. The number of nitrogens with zero attached hydrogens (tertiary/aromatic N) is 4. The van der Waals surface area contributed by atoms with Gasteiger partial charge in [0.2, 0.25) is 0 Å². The molecular formula is C22H18F2N6O. The quantitative estimate of drug-likeness (QED) is 0.492. The molecule has 3 heterocycles. The first kappa shape index (κ1) is 19.3. The van der Waals surface area contributed by atoms with Crippen molar-refractivity contribution in [2.75, 3.05) is 18.8 Å². The minimum absolute atomic E-state index is 0.0717. The Hall–Kier alpha value is -3.72. The van der Waals surface area contributed by atoms with Crippen LogP contribution in [-0.2, 0) is 0 Å². The van der Waals surface area contributed by atoms with Crippen molar-refractivity contribution in [3.63, 3.8) is 0 Å². The van der Waals surface area contributed by atoms with Gasteiger partial charge in [-0.1, -0.05) is 18.2 Å². The van der Waals surface area contributed by atoms with Crippen LogP contribution in [-0.4, -0.2) is 38.6 Å². The van der Waals surface area contributed by atoms with Crippen molar-refractivity contribution in [1.29, 1.82) is 0 Å². The Morgan fingerprint density at radius 2 is 1.97 bits per heavy atom. The van der Waals surface area contributed by atoms with Crippen molar-refractivity contribution in [3.05, 3.63) is 71.6 Å². The molecule has 4 aromatic rings. The van der Waals surface area contributed by atoms with Crippen molar-refractivity contribution in [1.82, 2.24) is 25.1 Å². The number of halogens is 2. The second kappa shape index (κ2) is 7.51. The third-order valence-electron chi connectivity index (χ3n) is 5.47. The van der Waals surface area contributed by atoms with E-state index in [0.29, 0.717) is 16.7 Å². The lowest BCUT2D eigenvalue weighted by atomic mass is 10.00. The van der Waals surface area contributed by atoms with Gasteiger partial charge in [0.25, 0.3) is 0 Å². The highest BCUT2D eigenvalue weighted by molar-refractivity contribution is 6.09. The summed E-state index contributed by atoms with van der Waals surface area (Å²) in [6, 6.07) is 9.46. The van der Waals surface area contributed by atoms with Gasteiger partial charge in [-0.3, -0.25) is 4.79 Å². The predicted octanol–water partition coefficient (Wildman–Crippen LogP) is 3.12. The van der Waals surface area contributed by atoms with Gasteiger partial charge >= 0.3 is 0 Å². The first-order valence-electron chi connectivity index (χ1n) is 9.82. The Balaban J connectivity index is 1.60. The summed E-state index contributed by atoms with van der Waals surface area (Å²) >= 11 is 0. The van der Waals surface area contributed by atoms with Gasteiger partial charge in [-0.25, -0.2) is 23.4 Å². The van der Waals surface area contributed by atoms with Crippen LogP contribution in [0.5, 0.6) is 0 Å². The number of fused-ring (bicyclic) bond motifs is 1. The molecule has 156 valence electrons. The average molecular weight is 420 g/mol. The molecule has 1 aliphatic rings. The van der Waals surface area contributed by atoms with E-state index >= 15 is 4.39 Å². The van der Waals surface area contributed by atoms with E-state index in [9.17, 15) is 9.18 Å². The summed E-state index contributed by atoms with van der Waals surface area (Å²) < 4.78 is 30.4. The molecule has 2 aromatic carbocycles. The largest absolute Gasteiger partial charge is 0.383 e. The third kappa shape index (κ3) is 3.32. The first-order chi connectivity index (χ1) is 15.0. The van der Waals surface area contributed by atoms with Crippen LogP contribution >= 0.6 is 0 Å². The molecule has 7 nitrogen and oxygen atoms in total. The molecule has 1 aliphatic heterocycles. The molecule has 0 aliphatic carbocycles. The molecule has 31 heavy (non-hydrogen) atoms. The zero-order valence-electron chi connectivity index (χ0n) is 16.3. The number of aromatic nitrogens is 4. The van der Waals surface area contributed by atoms with Gasteiger partial charge in [-0.05, 0) is 37.2 Å². The molecule has 1 fully saturated rings. The summed E-state index contributed by atoms with van der Waals surface area (Å²) in [7, 11) is 0. The van der Waals surface area contributed by atoms with Crippen LogP contribution in [0.3, 0.4) is 0 Å². The molecule has 0 radical (unpaired) electrons. The molecule has 1 unspecified atom stereocenters. The number of rotatable bonds is 4. The number of nitrogens with two attached hydrogens (primary N) is 1. The normalized spacial score (nSPS) is 16.1. The fraction of sp³-hybridized carbons (Fsp3) is 0.182. The summed E-state index contributed by atoms with van der Waals surface area (Å²) in [5.74, 6) is -1.44. The van der Waals surface area contributed by atoms with Crippen LogP contribution in [0, 0.1) is 11.6 Å². The van der Waals surface area contributed by atoms with E-state index in [-0.39, 0.29) is 28.6 Å². The number of anilines is 1. The lowest BCUT2D eigenvalue weighted by molar-refractivity contribution is 0.103. The van der Waals surface area contributed by atoms with Crippen LogP contribution in [0.4, 0.5) is 14.6 Å². The fourth-order valence-corrected chi connectivity index (χ4v) is 3.93. The number of nitrogen functional groups attached to an aromatic ring is 1. The van der Waals surface area contributed by atoms with E-state index in [4.69, 9.17) is 5.73 Å². The monoisotopic (exact) mass is 420 g/mol. The second-order valence-electron chi connectivity index (χ2n) is 7.43. The van der Waals surface area contributed by atoms with E-state index in [1.165, 1.54) is 36.7 Å². The van der Waals surface area contributed by atoms with Crippen molar-refractivity contribution in [2.24, 2.45) is 0 Å². The van der Waals surface area contributed by atoms with E-state index in [1.54, 1.807) is 4.68 Å². The minimum Gasteiger partial charge on any atom is -0.383 e. The minimum atomic E-state index is -0.637. The fourth-order valence-electron chi connectivity index (χ4n) is 3.93. The van der Waals surface area contributed by atoms with E-state index in [0.717, 1.165) is 31.6 Å². The second-order valence-corrected chi connectivity index (χ2v) is 7.43. The first-order valence-corrected chi connectivity index (χ1v) is 9.82. The smallest absolute Gasteiger partial charge is 0.193 e. The molecule has 2 aromatic heterocycles. The molecule has 0 amide bonds. The van der Waals surface area contributed by atoms with Crippen LogP contribution in [0.1, 0.15) is 28.4 Å². The van der Waals surface area contributed by atoms with Gasteiger partial charge in [-0.2, -0.15) is 5.10 Å². The van der Waals surface area contributed by atoms with Gasteiger partial charge in [0, 0.05) is 23.2 Å². The van der Waals surface area contributed by atoms with Crippen LogP contribution in [0.2, 0.25) is 0 Å². The molecule has 1 saturated heterocycles. The third-order valence-corrected chi connectivity index (χ3v) is 5.47. The van der Waals surface area contributed by atoms with Gasteiger partial charge in [-0.15, -0.1) is 0 Å². The Morgan fingerprint density at radius 3 is 2.71 bits per heavy atom. The van der Waals surface area contributed by atoms with E-state index in [1.807, 2.05) is 0 Å². The maximum atomic E-state index is 15.2. The maximum Gasteiger partial charge on any atom is 0.193 e. The summed E-state index contributed by atoms with van der Waals surface area (Å²) in [6.07, 6.45) is 2.23. The van der Waals surface area contributed by atoms with Crippen LogP contribution in [0.15, 0.2) is 48.8 Å². The molecule has 0 saturated carbocycles. The number of benzene rings is 2. The summed E-state index contributed by atoms with van der Waals surface area (Å²) in [4.78, 5) is 21.0. The standard InChI is InChI=1S/C22H18F2N6O/c23-14-3-1-2-12(8-14)20(31)13-4-5-16(17(24)9-13)19-18-21(25)27-11-28-22(18)30(29-19)15-6-7-26-10-15/h1-5,8-9,11,15,26H,6-7,10H2,(H2,25,27,28). The number of hydrogen-bond acceptors (Lipinski definition) is 6. The predicted molar refractivity (Wildman–Crippen MR) is 111 cm³/mol. The molecule has 0 bridgehead atoms. The molecule has 5 rings (SSSR count). The highest BCUT2D eigenvalue weighted by Gasteiger charge is 2.26. The number of ketones is 1. The molecule has 0 spiro atoms. The SMILES string of the molecule is Nc1ncnc2c1c(-c1ccc(C(=O)c3cccc(F)c3)cc1F)nn2C1CCNC1. The van der Waals surface area contributed by atoms with Crippen molar-refractivity contribution in [3.8, 4) is 11.3 Å². The maximum absolute atomic E-state index is 15.2. The Bertz CT molecular complexity index is 1310. The highest BCUT2D eigenvalue weighted by atomic mass is 19.1. The van der Waals surface area contributed by atoms with Gasteiger partial charge in [0.05, 0.1) is 11.4 Å². The lowest BCUT2D eigenvalue weighted by Gasteiger charge is -2.09. The highest BCUT2D eigenvalue weighted by Crippen LogP contribution is 2.34. The van der Waals surface area contributed by atoms with Gasteiger partial charge in [0.15, 0.2) is 11.4 Å². The van der Waals surface area contributed by atoms with E-state index < -0.39 is 17.4 Å². The molecular weight excluding hydrogens is 402 g/mol. The molecule has 3 N–H and O–H groups in total. The summed E-state index contributed by atoms with van der Waals surface area (Å²) in [5.41, 5.74) is 7.40. The van der Waals surface area contributed by atoms with Crippen molar-refractivity contribution < 1.29 is 13.6 Å². The summed E-state index contributed by atoms with van der Waals surface area (Å²) in [5, 5.41) is 8.37. The van der Waals surface area contributed by atoms with Crippen molar-refractivity contribution >= 4 is 22.6 Å². The van der Waals surface area contributed by atoms with Gasteiger partial charge < -0.3 is 11.1 Å². The van der Waals surface area contributed by atoms with Crippen molar-refractivity contribution in [2.45, 2.75) is 12.5 Å². The van der Waals surface area contributed by atoms with Gasteiger partial charge in [0.1, 0.15) is 29.5 Å². The summed E-state index contributed by atoms with van der Waals surface area (Å²) in [6.45, 7) is 1.58. The Labute approximate surface area is 175 Å². The number of nitrogens with one attached hydrogen (secondary N) is 1. The topological polar surface area (TPSA) is 98.7 Å². The average Bonchev–Trinajstić information content (AvgIpc) is 3.42. The van der Waals surface area contributed by atoms with Crippen LogP contribution < -0.4 is 11.1 Å². The Kier molecular flexibility index (Phi) is 4.67. The number of hydrogen-bond donors (Lipinski definition) is 2. The lowest BCUT2D eigenvalue weighted by Crippen LogP contribution is -2.15. The molecule has 1 atom stereocenters. The zero-order valence-corrected chi connectivity index (χ0v) is 16.3. The molecule has 9 heteroatoms.